The van der Waals surface area contributed by atoms with E-state index in [4.69, 9.17) is 10.00 Å². The van der Waals surface area contributed by atoms with Crippen molar-refractivity contribution in [3.8, 4) is 17.6 Å². The van der Waals surface area contributed by atoms with Crippen molar-refractivity contribution in [2.45, 2.75) is 19.3 Å². The van der Waals surface area contributed by atoms with Crippen LogP contribution in [0.1, 0.15) is 24.8 Å². The zero-order chi connectivity index (χ0) is 13.0. The fourth-order valence-corrected chi connectivity index (χ4v) is 1.51. The molecular formula is C11H12N2O4. The second kappa shape index (κ2) is 5.16. The van der Waals surface area contributed by atoms with Crippen LogP contribution in [0.15, 0.2) is 12.1 Å². The van der Waals surface area contributed by atoms with Crippen LogP contribution in [-0.4, -0.2) is 17.1 Å². The molecule has 0 spiro atoms. The Hall–Kier alpha value is -2.29. The molecule has 0 amide bonds. The van der Waals surface area contributed by atoms with Crippen LogP contribution in [0.25, 0.3) is 0 Å². The minimum absolute atomic E-state index is 0.00269. The largest absolute Gasteiger partial charge is 0.500 e. The van der Waals surface area contributed by atoms with Crippen LogP contribution >= 0.6 is 0 Å². The Balaban J connectivity index is 3.40. The minimum atomic E-state index is -0.703. The SMILES string of the molecule is CCC(C#N)c1cc(OC)c(O)c([N+](=O)[O-])c1. The predicted octanol–water partition coefficient (Wildman–Crippen LogP) is 2.33. The fraction of sp³-hybridized carbons (Fsp3) is 0.364. The van der Waals surface area contributed by atoms with Gasteiger partial charge in [-0.3, -0.25) is 10.1 Å². The first-order valence-corrected chi connectivity index (χ1v) is 5.00. The van der Waals surface area contributed by atoms with Crippen molar-refractivity contribution in [1.29, 1.82) is 5.26 Å². The van der Waals surface area contributed by atoms with Crippen molar-refractivity contribution in [2.75, 3.05) is 7.11 Å². The molecule has 1 rings (SSSR count). The lowest BCUT2D eigenvalue weighted by atomic mass is 9.97. The monoisotopic (exact) mass is 236 g/mol. The van der Waals surface area contributed by atoms with Crippen LogP contribution in [0.5, 0.6) is 11.5 Å². The van der Waals surface area contributed by atoms with Crippen molar-refractivity contribution >= 4 is 5.69 Å². The normalized spacial score (nSPS) is 11.6. The van der Waals surface area contributed by atoms with Gasteiger partial charge in [-0.15, -0.1) is 0 Å². The van der Waals surface area contributed by atoms with E-state index in [0.29, 0.717) is 12.0 Å². The van der Waals surface area contributed by atoms with Crippen LogP contribution in [0.3, 0.4) is 0 Å². The number of ether oxygens (including phenoxy) is 1. The van der Waals surface area contributed by atoms with Crippen molar-refractivity contribution in [3.63, 3.8) is 0 Å². The molecule has 0 saturated heterocycles. The Morgan fingerprint density at radius 2 is 2.29 bits per heavy atom. The summed E-state index contributed by atoms with van der Waals surface area (Å²) in [6.07, 6.45) is 0.529. The molecule has 17 heavy (non-hydrogen) atoms. The molecule has 0 aliphatic heterocycles. The maximum atomic E-state index is 10.7. The Kier molecular flexibility index (Phi) is 3.88. The molecule has 0 radical (unpaired) electrons. The van der Waals surface area contributed by atoms with Gasteiger partial charge in [-0.1, -0.05) is 6.92 Å². The number of nitrogens with zero attached hydrogens (tertiary/aromatic N) is 2. The lowest BCUT2D eigenvalue weighted by molar-refractivity contribution is -0.386. The summed E-state index contributed by atoms with van der Waals surface area (Å²) in [5.41, 5.74) is 0.0180. The van der Waals surface area contributed by atoms with E-state index in [9.17, 15) is 15.2 Å². The maximum Gasteiger partial charge on any atom is 0.314 e. The number of hydrogen-bond acceptors (Lipinski definition) is 5. The van der Waals surface area contributed by atoms with Crippen molar-refractivity contribution in [2.24, 2.45) is 0 Å². The summed E-state index contributed by atoms with van der Waals surface area (Å²) >= 11 is 0. The van der Waals surface area contributed by atoms with Gasteiger partial charge < -0.3 is 9.84 Å². The average Bonchev–Trinajstić information content (AvgIpc) is 2.31. The quantitative estimate of drug-likeness (QED) is 0.639. The molecule has 1 aromatic rings. The summed E-state index contributed by atoms with van der Waals surface area (Å²) in [7, 11) is 1.30. The van der Waals surface area contributed by atoms with Gasteiger partial charge in [-0.2, -0.15) is 5.26 Å². The second-order valence-corrected chi connectivity index (χ2v) is 3.44. The van der Waals surface area contributed by atoms with Gasteiger partial charge in [0.2, 0.25) is 5.75 Å². The van der Waals surface area contributed by atoms with Crippen molar-refractivity contribution < 1.29 is 14.8 Å². The molecule has 1 atom stereocenters. The summed E-state index contributed by atoms with van der Waals surface area (Å²) < 4.78 is 4.85. The first-order valence-electron chi connectivity index (χ1n) is 5.00. The lowest BCUT2D eigenvalue weighted by Crippen LogP contribution is -1.98. The Morgan fingerprint density at radius 1 is 1.65 bits per heavy atom. The molecule has 6 nitrogen and oxygen atoms in total. The van der Waals surface area contributed by atoms with Crippen LogP contribution in [0.2, 0.25) is 0 Å². The highest BCUT2D eigenvalue weighted by Gasteiger charge is 2.22. The molecule has 0 saturated carbocycles. The number of methoxy groups -OCH3 is 1. The average molecular weight is 236 g/mol. The van der Waals surface area contributed by atoms with Crippen molar-refractivity contribution in [1.82, 2.24) is 0 Å². The van der Waals surface area contributed by atoms with Crippen LogP contribution in [0.4, 0.5) is 5.69 Å². The summed E-state index contributed by atoms with van der Waals surface area (Å²) in [6, 6.07) is 4.69. The highest BCUT2D eigenvalue weighted by Crippen LogP contribution is 2.39. The summed E-state index contributed by atoms with van der Waals surface area (Å²) in [4.78, 5) is 10.0. The lowest BCUT2D eigenvalue weighted by Gasteiger charge is -2.10. The van der Waals surface area contributed by atoms with E-state index in [-0.39, 0.29) is 5.75 Å². The van der Waals surface area contributed by atoms with E-state index < -0.39 is 22.3 Å². The minimum Gasteiger partial charge on any atom is -0.500 e. The molecular weight excluding hydrogens is 224 g/mol. The maximum absolute atomic E-state index is 10.7. The van der Waals surface area contributed by atoms with Gasteiger partial charge in [-0.25, -0.2) is 0 Å². The number of hydrogen-bond donors (Lipinski definition) is 1. The smallest absolute Gasteiger partial charge is 0.314 e. The molecule has 1 aromatic carbocycles. The van der Waals surface area contributed by atoms with Crippen LogP contribution in [0, 0.1) is 21.4 Å². The number of phenolic OH excluding ortho intramolecular Hbond substituents is 1. The second-order valence-electron chi connectivity index (χ2n) is 3.44. The summed E-state index contributed by atoms with van der Waals surface area (Å²) in [5.74, 6) is -0.972. The molecule has 90 valence electrons. The van der Waals surface area contributed by atoms with E-state index in [1.165, 1.54) is 19.2 Å². The van der Waals surface area contributed by atoms with Crippen molar-refractivity contribution in [3.05, 3.63) is 27.8 Å². The van der Waals surface area contributed by atoms with E-state index in [1.807, 2.05) is 6.07 Å². The molecule has 1 unspecified atom stereocenters. The summed E-state index contributed by atoms with van der Waals surface area (Å²) in [5, 5.41) is 29.2. The fourth-order valence-electron chi connectivity index (χ4n) is 1.51. The van der Waals surface area contributed by atoms with Gasteiger partial charge in [0.15, 0.2) is 5.75 Å². The molecule has 0 bridgehead atoms. The Morgan fingerprint density at radius 3 is 2.71 bits per heavy atom. The number of aromatic hydroxyl groups is 1. The third-order valence-corrected chi connectivity index (χ3v) is 2.46. The van der Waals surface area contributed by atoms with Gasteiger partial charge in [0, 0.05) is 6.07 Å². The summed E-state index contributed by atoms with van der Waals surface area (Å²) in [6.45, 7) is 1.80. The number of benzene rings is 1. The van der Waals surface area contributed by atoms with Gasteiger partial charge in [-0.05, 0) is 18.1 Å². The number of rotatable bonds is 4. The predicted molar refractivity (Wildman–Crippen MR) is 60.0 cm³/mol. The third kappa shape index (κ3) is 2.45. The van der Waals surface area contributed by atoms with Crippen LogP contribution in [-0.2, 0) is 0 Å². The number of nitro groups is 1. The number of nitro benzene ring substituents is 1. The van der Waals surface area contributed by atoms with Gasteiger partial charge >= 0.3 is 5.69 Å². The number of nitriles is 1. The van der Waals surface area contributed by atoms with Gasteiger partial charge in [0.05, 0.1) is 24.0 Å². The van der Waals surface area contributed by atoms with E-state index in [1.54, 1.807) is 6.92 Å². The van der Waals surface area contributed by atoms with E-state index in [2.05, 4.69) is 0 Å². The molecule has 0 fully saturated rings. The topological polar surface area (TPSA) is 96.4 Å². The van der Waals surface area contributed by atoms with Gasteiger partial charge in [0.25, 0.3) is 0 Å². The first kappa shape index (κ1) is 12.8. The molecule has 0 aromatic heterocycles. The highest BCUT2D eigenvalue weighted by molar-refractivity contribution is 5.58. The molecule has 0 heterocycles. The first-order chi connectivity index (χ1) is 8.04. The zero-order valence-electron chi connectivity index (χ0n) is 9.51. The molecule has 1 N–H and O–H groups in total. The van der Waals surface area contributed by atoms with Gasteiger partial charge in [0.1, 0.15) is 0 Å². The zero-order valence-corrected chi connectivity index (χ0v) is 9.51. The Bertz CT molecular complexity index is 479. The number of phenols is 1. The highest BCUT2D eigenvalue weighted by atomic mass is 16.6. The molecule has 0 aliphatic rings. The molecule has 6 heteroatoms. The molecule has 0 aliphatic carbocycles. The standard InChI is InChI=1S/C11H12N2O4/c1-3-7(6-12)8-4-9(13(15)16)11(14)10(5-8)17-2/h4-5,7,14H,3H2,1-2H3. The van der Waals surface area contributed by atoms with E-state index in [0.717, 1.165) is 0 Å². The van der Waals surface area contributed by atoms with Crippen LogP contribution < -0.4 is 4.74 Å². The van der Waals surface area contributed by atoms with E-state index >= 15 is 0 Å². The Labute approximate surface area is 98.2 Å². The third-order valence-electron chi connectivity index (χ3n) is 2.46.